The highest BCUT2D eigenvalue weighted by atomic mass is 16.5. The van der Waals surface area contributed by atoms with Crippen molar-refractivity contribution in [2.75, 3.05) is 25.6 Å². The Balaban J connectivity index is 2.20. The Labute approximate surface area is 161 Å². The molecule has 5 nitrogen and oxygen atoms in total. The lowest BCUT2D eigenvalue weighted by molar-refractivity contribution is -0.140. The van der Waals surface area contributed by atoms with Crippen LogP contribution in [0, 0.1) is 13.8 Å². The summed E-state index contributed by atoms with van der Waals surface area (Å²) in [5.74, 6) is 2.52. The van der Waals surface area contributed by atoms with Crippen LogP contribution in [0.5, 0.6) is 17.2 Å². The predicted octanol–water partition coefficient (Wildman–Crippen LogP) is 5.20. The van der Waals surface area contributed by atoms with Crippen molar-refractivity contribution in [3.8, 4) is 17.2 Å². The fraction of sp³-hybridized carbons (Fsp3) is 0.409. The summed E-state index contributed by atoms with van der Waals surface area (Å²) in [6.45, 7) is 10.6. The van der Waals surface area contributed by atoms with Crippen LogP contribution in [0.4, 0.5) is 5.69 Å². The molecule has 0 fully saturated rings. The molecule has 0 aliphatic rings. The quantitative estimate of drug-likeness (QED) is 0.646. The highest BCUT2D eigenvalue weighted by Crippen LogP contribution is 2.35. The van der Waals surface area contributed by atoms with Crippen LogP contribution in [0.3, 0.4) is 0 Å². The third-order valence-corrected chi connectivity index (χ3v) is 4.25. The van der Waals surface area contributed by atoms with Gasteiger partial charge in [-0.15, -0.1) is 0 Å². The maximum Gasteiger partial charge on any atom is 0.325 e. The number of nitrogens with one attached hydrogen (secondary N) is 1. The Bertz CT molecular complexity index is 776. The second-order valence-electron chi connectivity index (χ2n) is 6.76. The lowest BCUT2D eigenvalue weighted by Gasteiger charge is -2.17. The van der Waals surface area contributed by atoms with Gasteiger partial charge in [-0.3, -0.25) is 4.79 Å². The van der Waals surface area contributed by atoms with Gasteiger partial charge in [0.15, 0.2) is 0 Å². The van der Waals surface area contributed by atoms with Gasteiger partial charge in [-0.25, -0.2) is 0 Å². The van der Waals surface area contributed by atoms with Crippen molar-refractivity contribution < 1.29 is 19.0 Å². The molecule has 146 valence electrons. The number of benzene rings is 2. The van der Waals surface area contributed by atoms with E-state index in [0.717, 1.165) is 39.6 Å². The number of anilines is 1. The third kappa shape index (κ3) is 5.39. The average molecular weight is 371 g/mol. The molecule has 0 radical (unpaired) electrons. The van der Waals surface area contributed by atoms with Crippen LogP contribution in [0.2, 0.25) is 0 Å². The van der Waals surface area contributed by atoms with Crippen molar-refractivity contribution >= 4 is 11.7 Å². The Morgan fingerprint density at radius 2 is 1.78 bits per heavy atom. The third-order valence-electron chi connectivity index (χ3n) is 4.25. The van der Waals surface area contributed by atoms with Crippen LogP contribution in [0.1, 0.15) is 43.4 Å². The van der Waals surface area contributed by atoms with Gasteiger partial charge in [0, 0.05) is 11.3 Å². The molecule has 5 heteroatoms. The molecule has 0 aromatic heterocycles. The number of aryl methyl sites for hydroxylation is 2. The number of carbonyl (C=O) groups excluding carboxylic acids is 1. The van der Waals surface area contributed by atoms with Gasteiger partial charge in [0.2, 0.25) is 0 Å². The number of hydrogen-bond acceptors (Lipinski definition) is 5. The van der Waals surface area contributed by atoms with Gasteiger partial charge in [-0.05, 0) is 68.1 Å². The minimum absolute atomic E-state index is 0.142. The zero-order chi connectivity index (χ0) is 20.0. The number of esters is 1. The van der Waals surface area contributed by atoms with E-state index >= 15 is 0 Å². The van der Waals surface area contributed by atoms with Gasteiger partial charge >= 0.3 is 5.97 Å². The van der Waals surface area contributed by atoms with Gasteiger partial charge in [-0.2, -0.15) is 0 Å². The molecule has 2 aromatic rings. The van der Waals surface area contributed by atoms with Crippen LogP contribution in [0.25, 0.3) is 0 Å². The van der Waals surface area contributed by atoms with Crippen molar-refractivity contribution in [1.29, 1.82) is 0 Å². The second-order valence-corrected chi connectivity index (χ2v) is 6.76. The predicted molar refractivity (Wildman–Crippen MR) is 108 cm³/mol. The molecule has 0 spiro atoms. The molecule has 0 aliphatic heterocycles. The maximum absolute atomic E-state index is 11.5. The first kappa shape index (κ1) is 20.6. The van der Waals surface area contributed by atoms with E-state index in [4.69, 9.17) is 14.2 Å². The van der Waals surface area contributed by atoms with Crippen LogP contribution < -0.4 is 14.8 Å². The van der Waals surface area contributed by atoms with Crippen LogP contribution in [-0.2, 0) is 9.53 Å². The van der Waals surface area contributed by atoms with Crippen molar-refractivity contribution in [2.45, 2.75) is 40.5 Å². The molecule has 2 rings (SSSR count). The molecular formula is C22H29NO4. The molecule has 0 aliphatic carbocycles. The van der Waals surface area contributed by atoms with Gasteiger partial charge in [0.05, 0.1) is 13.7 Å². The zero-order valence-corrected chi connectivity index (χ0v) is 17.0. The average Bonchev–Trinajstić information content (AvgIpc) is 2.63. The Morgan fingerprint density at radius 1 is 1.11 bits per heavy atom. The van der Waals surface area contributed by atoms with E-state index in [0.29, 0.717) is 12.5 Å². The van der Waals surface area contributed by atoms with Gasteiger partial charge in [0.1, 0.15) is 23.8 Å². The molecule has 0 bridgehead atoms. The van der Waals surface area contributed by atoms with Crippen molar-refractivity contribution in [2.24, 2.45) is 0 Å². The van der Waals surface area contributed by atoms with Crippen molar-refractivity contribution in [3.63, 3.8) is 0 Å². The Kier molecular flexibility index (Phi) is 7.11. The smallest absolute Gasteiger partial charge is 0.325 e. The van der Waals surface area contributed by atoms with Crippen molar-refractivity contribution in [1.82, 2.24) is 0 Å². The summed E-state index contributed by atoms with van der Waals surface area (Å²) < 4.78 is 16.6. The summed E-state index contributed by atoms with van der Waals surface area (Å²) in [7, 11) is 1.68. The molecular weight excluding hydrogens is 342 g/mol. The lowest BCUT2D eigenvalue weighted by atomic mass is 10.0. The molecule has 0 heterocycles. The molecule has 27 heavy (non-hydrogen) atoms. The first-order valence-corrected chi connectivity index (χ1v) is 9.22. The molecule has 0 saturated heterocycles. The lowest BCUT2D eigenvalue weighted by Crippen LogP contribution is -2.16. The largest absolute Gasteiger partial charge is 0.496 e. The summed E-state index contributed by atoms with van der Waals surface area (Å²) in [4.78, 5) is 11.5. The van der Waals surface area contributed by atoms with E-state index < -0.39 is 0 Å². The van der Waals surface area contributed by atoms with Crippen LogP contribution >= 0.6 is 0 Å². The topological polar surface area (TPSA) is 56.8 Å². The second kappa shape index (κ2) is 9.31. The summed E-state index contributed by atoms with van der Waals surface area (Å²) in [6, 6.07) is 9.80. The Hall–Kier alpha value is -2.69. The fourth-order valence-corrected chi connectivity index (χ4v) is 2.94. The molecule has 0 unspecified atom stereocenters. The monoisotopic (exact) mass is 371 g/mol. The van der Waals surface area contributed by atoms with E-state index in [-0.39, 0.29) is 12.5 Å². The van der Waals surface area contributed by atoms with E-state index in [1.54, 1.807) is 14.0 Å². The van der Waals surface area contributed by atoms with E-state index in [9.17, 15) is 4.79 Å². The maximum atomic E-state index is 11.5. The van der Waals surface area contributed by atoms with Crippen molar-refractivity contribution in [3.05, 3.63) is 47.0 Å². The normalized spacial score (nSPS) is 10.6. The van der Waals surface area contributed by atoms with Crippen LogP contribution in [-0.4, -0.2) is 26.2 Å². The summed E-state index contributed by atoms with van der Waals surface area (Å²) in [5, 5.41) is 3.09. The highest BCUT2D eigenvalue weighted by Gasteiger charge is 2.12. The number of ether oxygens (including phenoxy) is 3. The summed E-state index contributed by atoms with van der Waals surface area (Å²) in [5.41, 5.74) is 3.95. The van der Waals surface area contributed by atoms with Gasteiger partial charge in [0.25, 0.3) is 0 Å². The molecule has 1 N–H and O–H groups in total. The Morgan fingerprint density at radius 3 is 2.33 bits per heavy atom. The van der Waals surface area contributed by atoms with E-state index in [1.807, 2.05) is 44.2 Å². The minimum Gasteiger partial charge on any atom is -0.496 e. The van der Waals surface area contributed by atoms with E-state index in [1.165, 1.54) is 0 Å². The number of carbonyl (C=O) groups is 1. The fourth-order valence-electron chi connectivity index (χ4n) is 2.94. The molecule has 0 amide bonds. The standard InChI is InChI=1S/C22H29NO4/c1-7-26-21(24)13-23-17-10-15(4)22(16(5)11-17)27-18-8-9-20(25-6)19(12-18)14(2)3/h8-12,14,23H,7,13H2,1-6H3. The first-order chi connectivity index (χ1) is 12.8. The number of methoxy groups -OCH3 is 1. The highest BCUT2D eigenvalue weighted by molar-refractivity contribution is 5.75. The summed E-state index contributed by atoms with van der Waals surface area (Å²) >= 11 is 0. The van der Waals surface area contributed by atoms with Gasteiger partial charge in [-0.1, -0.05) is 13.8 Å². The molecule has 0 atom stereocenters. The van der Waals surface area contributed by atoms with E-state index in [2.05, 4.69) is 19.2 Å². The zero-order valence-electron chi connectivity index (χ0n) is 17.0. The van der Waals surface area contributed by atoms with Gasteiger partial charge < -0.3 is 19.5 Å². The molecule has 0 saturated carbocycles. The SMILES string of the molecule is CCOC(=O)CNc1cc(C)c(Oc2ccc(OC)c(C(C)C)c2)c(C)c1. The summed E-state index contributed by atoms with van der Waals surface area (Å²) in [6.07, 6.45) is 0. The first-order valence-electron chi connectivity index (χ1n) is 9.22. The van der Waals surface area contributed by atoms with Crippen LogP contribution in [0.15, 0.2) is 30.3 Å². The number of rotatable bonds is 8. The minimum atomic E-state index is -0.271. The molecule has 2 aromatic carbocycles. The number of hydrogen-bond donors (Lipinski definition) is 1.